The van der Waals surface area contributed by atoms with E-state index in [4.69, 9.17) is 4.42 Å². The molecule has 0 saturated carbocycles. The van der Waals surface area contributed by atoms with Gasteiger partial charge in [0.1, 0.15) is 5.82 Å². The highest BCUT2D eigenvalue weighted by molar-refractivity contribution is 5.92. The molecule has 6 nitrogen and oxygen atoms in total. The summed E-state index contributed by atoms with van der Waals surface area (Å²) in [6.45, 7) is 4.09. The molecule has 1 aliphatic heterocycles. The minimum Gasteiger partial charge on any atom is -0.436 e. The van der Waals surface area contributed by atoms with Crippen molar-refractivity contribution >= 4 is 5.91 Å². The zero-order valence-corrected chi connectivity index (χ0v) is 13.3. The molecule has 1 aliphatic rings. The first-order chi connectivity index (χ1) is 11.2. The van der Waals surface area contributed by atoms with Crippen molar-refractivity contribution in [2.24, 2.45) is 5.92 Å². The third kappa shape index (κ3) is 3.29. The highest BCUT2D eigenvalue weighted by atomic mass is 19.4. The Balaban J connectivity index is 1.61. The second-order valence-electron chi connectivity index (χ2n) is 5.95. The van der Waals surface area contributed by atoms with E-state index < -0.39 is 11.9 Å². The van der Waals surface area contributed by atoms with Crippen LogP contribution < -0.4 is 5.32 Å². The van der Waals surface area contributed by atoms with E-state index in [9.17, 15) is 18.0 Å². The molecule has 3 heterocycles. The number of carbonyl (C=O) groups is 1. The lowest BCUT2D eigenvalue weighted by Gasteiger charge is -2.23. The Morgan fingerprint density at radius 1 is 1.42 bits per heavy atom. The van der Waals surface area contributed by atoms with E-state index in [-0.39, 0.29) is 17.6 Å². The Morgan fingerprint density at radius 3 is 2.79 bits per heavy atom. The fourth-order valence-electron chi connectivity index (χ4n) is 2.88. The molecule has 2 aromatic heterocycles. The van der Waals surface area contributed by atoms with Crippen molar-refractivity contribution in [3.63, 3.8) is 0 Å². The summed E-state index contributed by atoms with van der Waals surface area (Å²) in [6, 6.07) is 0. The summed E-state index contributed by atoms with van der Waals surface area (Å²) in [5.41, 5.74) is -0.352. The fourth-order valence-corrected chi connectivity index (χ4v) is 2.88. The van der Waals surface area contributed by atoms with Gasteiger partial charge in [0.2, 0.25) is 5.76 Å². The Morgan fingerprint density at radius 2 is 2.17 bits per heavy atom. The summed E-state index contributed by atoms with van der Waals surface area (Å²) < 4.78 is 44.9. The summed E-state index contributed by atoms with van der Waals surface area (Å²) in [6.07, 6.45) is -2.27. The molecule has 0 spiro atoms. The molecular formula is C15H17F3N4O2. The minimum atomic E-state index is -4.43. The molecule has 3 rings (SSSR count). The smallest absolute Gasteiger partial charge is 0.434 e. The summed E-state index contributed by atoms with van der Waals surface area (Å²) in [5.74, 6) is 0.706. The van der Waals surface area contributed by atoms with Crippen LogP contribution >= 0.6 is 0 Å². The molecule has 0 radical (unpaired) electrons. The van der Waals surface area contributed by atoms with Crippen molar-refractivity contribution in [3.05, 3.63) is 35.1 Å². The van der Waals surface area contributed by atoms with Crippen molar-refractivity contribution in [3.8, 4) is 0 Å². The van der Waals surface area contributed by atoms with E-state index in [0.29, 0.717) is 43.3 Å². The number of rotatable bonds is 3. The molecule has 1 unspecified atom stereocenters. The Bertz CT molecular complexity index is 763. The molecule has 0 bridgehead atoms. The number of amides is 1. The molecule has 2 aromatic rings. The summed E-state index contributed by atoms with van der Waals surface area (Å²) in [4.78, 5) is 19.8. The number of halogens is 3. The van der Waals surface area contributed by atoms with Crippen LogP contribution in [0.25, 0.3) is 0 Å². The number of oxazole rings is 1. The van der Waals surface area contributed by atoms with Gasteiger partial charge in [-0.25, -0.2) is 9.97 Å². The molecule has 130 valence electrons. The van der Waals surface area contributed by atoms with Gasteiger partial charge in [0.25, 0.3) is 5.91 Å². The summed E-state index contributed by atoms with van der Waals surface area (Å²) >= 11 is 0. The molecule has 0 saturated heterocycles. The van der Waals surface area contributed by atoms with Gasteiger partial charge in [0, 0.05) is 32.6 Å². The number of aryl methyl sites for hydroxylation is 3. The topological polar surface area (TPSA) is 73.0 Å². The number of fused-ring (bicyclic) bond motifs is 1. The van der Waals surface area contributed by atoms with Crippen molar-refractivity contribution in [1.29, 1.82) is 0 Å². The molecule has 0 aliphatic carbocycles. The van der Waals surface area contributed by atoms with Crippen molar-refractivity contribution in [1.82, 2.24) is 19.9 Å². The lowest BCUT2D eigenvalue weighted by molar-refractivity contribution is -0.141. The number of hydrogen-bond donors (Lipinski definition) is 1. The van der Waals surface area contributed by atoms with Crippen LogP contribution in [0, 0.1) is 19.8 Å². The maximum absolute atomic E-state index is 12.7. The molecule has 24 heavy (non-hydrogen) atoms. The number of imidazole rings is 1. The predicted molar refractivity (Wildman–Crippen MR) is 77.4 cm³/mol. The minimum absolute atomic E-state index is 0.0426. The molecule has 9 heteroatoms. The van der Waals surface area contributed by atoms with Gasteiger partial charge in [-0.3, -0.25) is 4.79 Å². The van der Waals surface area contributed by atoms with Crippen molar-refractivity contribution < 1.29 is 22.4 Å². The standard InChI is InChI=1S/C15H17F3N4O2/c1-8-13(24-9(2)20-8)14(23)19-5-10-3-4-12-21-11(15(16,17)18)7-22(12)6-10/h7,10H,3-6H2,1-2H3,(H,19,23). The normalized spacial score (nSPS) is 17.6. The van der Waals surface area contributed by atoms with Crippen LogP contribution in [-0.4, -0.2) is 27.0 Å². The van der Waals surface area contributed by atoms with E-state index in [1.165, 1.54) is 4.57 Å². The van der Waals surface area contributed by atoms with E-state index in [0.717, 1.165) is 6.20 Å². The second-order valence-corrected chi connectivity index (χ2v) is 5.95. The van der Waals surface area contributed by atoms with Gasteiger partial charge in [-0.05, 0) is 19.3 Å². The quantitative estimate of drug-likeness (QED) is 0.930. The van der Waals surface area contributed by atoms with Gasteiger partial charge in [0.05, 0.1) is 5.69 Å². The SMILES string of the molecule is Cc1nc(C)c(C(=O)NCC2CCc3nc(C(F)(F)F)cn3C2)o1. The van der Waals surface area contributed by atoms with Crippen LogP contribution in [-0.2, 0) is 19.1 Å². The third-order valence-electron chi connectivity index (χ3n) is 4.04. The van der Waals surface area contributed by atoms with E-state index >= 15 is 0 Å². The summed E-state index contributed by atoms with van der Waals surface area (Å²) in [7, 11) is 0. The van der Waals surface area contributed by atoms with E-state index in [2.05, 4.69) is 15.3 Å². The highest BCUT2D eigenvalue weighted by Gasteiger charge is 2.35. The Kier molecular flexibility index (Phi) is 4.10. The second kappa shape index (κ2) is 5.95. The highest BCUT2D eigenvalue weighted by Crippen LogP contribution is 2.30. The monoisotopic (exact) mass is 342 g/mol. The van der Waals surface area contributed by atoms with Gasteiger partial charge in [0.15, 0.2) is 11.6 Å². The zero-order chi connectivity index (χ0) is 17.5. The number of carbonyl (C=O) groups excluding carboxylic acids is 1. The first kappa shape index (κ1) is 16.5. The van der Waals surface area contributed by atoms with Crippen LogP contribution in [0.3, 0.4) is 0 Å². The lowest BCUT2D eigenvalue weighted by atomic mass is 9.99. The average Bonchev–Trinajstić information content (AvgIpc) is 3.06. The first-order valence-electron chi connectivity index (χ1n) is 7.59. The third-order valence-corrected chi connectivity index (χ3v) is 4.04. The van der Waals surface area contributed by atoms with Gasteiger partial charge < -0.3 is 14.3 Å². The average molecular weight is 342 g/mol. The van der Waals surface area contributed by atoms with Crippen molar-refractivity contribution in [2.75, 3.05) is 6.54 Å². The number of hydrogen-bond acceptors (Lipinski definition) is 4. The van der Waals surface area contributed by atoms with Crippen LogP contribution in [0.4, 0.5) is 13.2 Å². The Labute approximate surface area is 136 Å². The maximum Gasteiger partial charge on any atom is 0.434 e. The molecular weight excluding hydrogens is 325 g/mol. The van der Waals surface area contributed by atoms with E-state index in [1.54, 1.807) is 13.8 Å². The van der Waals surface area contributed by atoms with Crippen LogP contribution in [0.2, 0.25) is 0 Å². The largest absolute Gasteiger partial charge is 0.436 e. The molecule has 0 fully saturated rings. The van der Waals surface area contributed by atoms with Gasteiger partial charge in [-0.2, -0.15) is 13.2 Å². The molecule has 1 N–H and O–H groups in total. The van der Waals surface area contributed by atoms with Gasteiger partial charge in [-0.1, -0.05) is 0 Å². The molecule has 1 amide bonds. The zero-order valence-electron chi connectivity index (χ0n) is 13.3. The lowest BCUT2D eigenvalue weighted by Crippen LogP contribution is -2.33. The van der Waals surface area contributed by atoms with Crippen LogP contribution in [0.5, 0.6) is 0 Å². The number of alkyl halides is 3. The van der Waals surface area contributed by atoms with Crippen LogP contribution in [0.15, 0.2) is 10.6 Å². The van der Waals surface area contributed by atoms with Gasteiger partial charge >= 0.3 is 6.18 Å². The maximum atomic E-state index is 12.7. The predicted octanol–water partition coefficient (Wildman–Crippen LogP) is 2.50. The number of nitrogens with one attached hydrogen (secondary N) is 1. The first-order valence-corrected chi connectivity index (χ1v) is 7.59. The molecule has 0 aromatic carbocycles. The fraction of sp³-hybridized carbons (Fsp3) is 0.533. The van der Waals surface area contributed by atoms with Crippen LogP contribution in [0.1, 0.15) is 40.1 Å². The summed E-state index contributed by atoms with van der Waals surface area (Å²) in [5, 5.41) is 2.76. The Hall–Kier alpha value is -2.32. The van der Waals surface area contributed by atoms with E-state index in [1.807, 2.05) is 0 Å². The molecule has 1 atom stereocenters. The number of nitrogens with zero attached hydrogens (tertiary/aromatic N) is 3. The number of aromatic nitrogens is 3. The van der Waals surface area contributed by atoms with Crippen molar-refractivity contribution in [2.45, 2.75) is 39.4 Å². The van der Waals surface area contributed by atoms with Gasteiger partial charge in [-0.15, -0.1) is 0 Å².